The maximum Gasteiger partial charge on any atom is 0.0727 e. The van der Waals surface area contributed by atoms with Crippen LogP contribution in [0.25, 0.3) is 0 Å². The van der Waals surface area contributed by atoms with Crippen LogP contribution in [0.5, 0.6) is 0 Å². The van der Waals surface area contributed by atoms with Crippen molar-refractivity contribution in [2.75, 3.05) is 13.1 Å². The van der Waals surface area contributed by atoms with Crippen molar-refractivity contribution in [1.82, 2.24) is 4.90 Å². The molecule has 2 N–H and O–H groups in total. The fourth-order valence-corrected chi connectivity index (χ4v) is 2.58. The molecular formula is C12H24N2S. The topological polar surface area (TPSA) is 29.3 Å². The number of unbranched alkanes of at least 4 members (excludes halogenated alkanes) is 1. The van der Waals surface area contributed by atoms with Crippen LogP contribution < -0.4 is 5.73 Å². The first kappa shape index (κ1) is 12.9. The molecule has 1 aliphatic heterocycles. The summed E-state index contributed by atoms with van der Waals surface area (Å²) in [5.41, 5.74) is 5.48. The summed E-state index contributed by atoms with van der Waals surface area (Å²) in [5.74, 6) is 0. The fraction of sp³-hybridized carbons (Fsp3) is 0.917. The van der Waals surface area contributed by atoms with E-state index < -0.39 is 0 Å². The van der Waals surface area contributed by atoms with Crippen molar-refractivity contribution in [2.24, 2.45) is 5.73 Å². The first-order valence-corrected chi connectivity index (χ1v) is 6.67. The summed E-state index contributed by atoms with van der Waals surface area (Å²) in [7, 11) is 0. The Morgan fingerprint density at radius 2 is 2.20 bits per heavy atom. The molecular weight excluding hydrogens is 204 g/mol. The third kappa shape index (κ3) is 4.94. The van der Waals surface area contributed by atoms with Crippen LogP contribution in [0.1, 0.15) is 51.9 Å². The first-order valence-electron chi connectivity index (χ1n) is 6.26. The third-order valence-corrected chi connectivity index (χ3v) is 3.54. The minimum atomic E-state index is 0.667. The predicted octanol–water partition coefficient (Wildman–Crippen LogP) is 2.71. The van der Waals surface area contributed by atoms with Crippen molar-refractivity contribution in [3.63, 3.8) is 0 Å². The van der Waals surface area contributed by atoms with Gasteiger partial charge in [-0.1, -0.05) is 25.6 Å². The molecule has 2 nitrogen and oxygen atoms in total. The lowest BCUT2D eigenvalue weighted by molar-refractivity contribution is 0.142. The Labute approximate surface area is 99.2 Å². The van der Waals surface area contributed by atoms with Crippen molar-refractivity contribution >= 4 is 17.2 Å². The molecule has 1 saturated heterocycles. The van der Waals surface area contributed by atoms with Gasteiger partial charge in [-0.15, -0.1) is 0 Å². The van der Waals surface area contributed by atoms with Crippen molar-refractivity contribution in [3.8, 4) is 0 Å². The van der Waals surface area contributed by atoms with Gasteiger partial charge in [-0.25, -0.2) is 0 Å². The van der Waals surface area contributed by atoms with Crippen LogP contribution in [-0.4, -0.2) is 29.0 Å². The molecule has 1 fully saturated rings. The SMILES string of the molecule is CCC1CCCCN1CCCCC(N)=S. The zero-order chi connectivity index (χ0) is 11.1. The summed E-state index contributed by atoms with van der Waals surface area (Å²) < 4.78 is 0. The lowest BCUT2D eigenvalue weighted by Gasteiger charge is -2.35. The largest absolute Gasteiger partial charge is 0.393 e. The second-order valence-electron chi connectivity index (χ2n) is 4.52. The van der Waals surface area contributed by atoms with Crippen LogP contribution in [0.15, 0.2) is 0 Å². The van der Waals surface area contributed by atoms with Crippen molar-refractivity contribution < 1.29 is 0 Å². The Kier molecular flexibility index (Phi) is 6.18. The minimum absolute atomic E-state index is 0.667. The van der Waals surface area contributed by atoms with E-state index in [4.69, 9.17) is 18.0 Å². The van der Waals surface area contributed by atoms with Crippen LogP contribution in [0.3, 0.4) is 0 Å². The van der Waals surface area contributed by atoms with Gasteiger partial charge in [0.15, 0.2) is 0 Å². The summed E-state index contributed by atoms with van der Waals surface area (Å²) in [5, 5.41) is 0. The quantitative estimate of drug-likeness (QED) is 0.560. The first-order chi connectivity index (χ1) is 7.24. The molecule has 1 unspecified atom stereocenters. The fourth-order valence-electron chi connectivity index (χ4n) is 2.43. The molecule has 0 bridgehead atoms. The predicted molar refractivity (Wildman–Crippen MR) is 70.1 cm³/mol. The molecule has 1 heterocycles. The minimum Gasteiger partial charge on any atom is -0.393 e. The lowest BCUT2D eigenvalue weighted by Crippen LogP contribution is -2.39. The number of hydrogen-bond acceptors (Lipinski definition) is 2. The van der Waals surface area contributed by atoms with Gasteiger partial charge in [0.2, 0.25) is 0 Å². The van der Waals surface area contributed by atoms with Crippen molar-refractivity contribution in [1.29, 1.82) is 0 Å². The van der Waals surface area contributed by atoms with E-state index in [1.807, 2.05) is 0 Å². The van der Waals surface area contributed by atoms with Crippen LogP contribution in [0.2, 0.25) is 0 Å². The third-order valence-electron chi connectivity index (χ3n) is 3.34. The molecule has 0 spiro atoms. The average Bonchev–Trinajstić information content (AvgIpc) is 2.24. The highest BCUT2D eigenvalue weighted by Gasteiger charge is 2.19. The summed E-state index contributed by atoms with van der Waals surface area (Å²) in [6.07, 6.45) is 8.81. The van der Waals surface area contributed by atoms with Gasteiger partial charge in [0.05, 0.1) is 4.99 Å². The normalized spacial score (nSPS) is 22.9. The zero-order valence-electron chi connectivity index (χ0n) is 9.87. The van der Waals surface area contributed by atoms with Gasteiger partial charge >= 0.3 is 0 Å². The molecule has 0 aromatic carbocycles. The number of piperidine rings is 1. The molecule has 1 rings (SSSR count). The van der Waals surface area contributed by atoms with Gasteiger partial charge < -0.3 is 10.6 Å². The Morgan fingerprint density at radius 3 is 2.87 bits per heavy atom. The number of hydrogen-bond donors (Lipinski definition) is 1. The van der Waals surface area contributed by atoms with Gasteiger partial charge in [-0.3, -0.25) is 0 Å². The summed E-state index contributed by atoms with van der Waals surface area (Å²) >= 11 is 4.88. The Balaban J connectivity index is 2.15. The van der Waals surface area contributed by atoms with E-state index in [2.05, 4.69) is 11.8 Å². The van der Waals surface area contributed by atoms with Crippen LogP contribution in [0.4, 0.5) is 0 Å². The standard InChI is InChI=1S/C12H24N2S/c1-2-11-7-3-5-9-14(11)10-6-4-8-12(13)15/h11H,2-10H2,1H3,(H2,13,15). The smallest absolute Gasteiger partial charge is 0.0727 e. The number of nitrogens with zero attached hydrogens (tertiary/aromatic N) is 1. The highest BCUT2D eigenvalue weighted by molar-refractivity contribution is 7.80. The molecule has 3 heteroatoms. The molecule has 0 radical (unpaired) electrons. The monoisotopic (exact) mass is 228 g/mol. The second kappa shape index (κ2) is 7.18. The van der Waals surface area contributed by atoms with Crippen LogP contribution >= 0.6 is 12.2 Å². The molecule has 0 aromatic heterocycles. The summed E-state index contributed by atoms with van der Waals surface area (Å²) in [6, 6.07) is 0.837. The van der Waals surface area contributed by atoms with Crippen molar-refractivity contribution in [3.05, 3.63) is 0 Å². The Morgan fingerprint density at radius 1 is 1.40 bits per heavy atom. The summed E-state index contributed by atoms with van der Waals surface area (Å²) in [4.78, 5) is 3.32. The summed E-state index contributed by atoms with van der Waals surface area (Å²) in [6.45, 7) is 4.84. The van der Waals surface area contributed by atoms with Gasteiger partial charge in [0, 0.05) is 6.04 Å². The molecule has 0 amide bonds. The van der Waals surface area contributed by atoms with Gasteiger partial charge in [0.25, 0.3) is 0 Å². The molecule has 0 saturated carbocycles. The van der Waals surface area contributed by atoms with Gasteiger partial charge in [-0.05, 0) is 51.6 Å². The number of rotatable bonds is 6. The molecule has 0 aromatic rings. The Hall–Kier alpha value is -0.150. The molecule has 15 heavy (non-hydrogen) atoms. The molecule has 88 valence electrons. The van der Waals surface area contributed by atoms with Crippen LogP contribution in [-0.2, 0) is 0 Å². The molecule has 1 atom stereocenters. The number of nitrogens with two attached hydrogens (primary N) is 1. The van der Waals surface area contributed by atoms with E-state index in [0.29, 0.717) is 4.99 Å². The van der Waals surface area contributed by atoms with E-state index >= 15 is 0 Å². The maximum absolute atomic E-state index is 5.48. The van der Waals surface area contributed by atoms with Crippen LogP contribution in [0, 0.1) is 0 Å². The molecule has 0 aliphatic carbocycles. The second-order valence-corrected chi connectivity index (χ2v) is 5.04. The Bertz CT molecular complexity index is 194. The van der Waals surface area contributed by atoms with E-state index in [0.717, 1.165) is 18.9 Å². The highest BCUT2D eigenvalue weighted by Crippen LogP contribution is 2.19. The zero-order valence-corrected chi connectivity index (χ0v) is 10.7. The lowest BCUT2D eigenvalue weighted by atomic mass is 9.99. The highest BCUT2D eigenvalue weighted by atomic mass is 32.1. The van der Waals surface area contributed by atoms with E-state index in [9.17, 15) is 0 Å². The van der Waals surface area contributed by atoms with Gasteiger partial charge in [-0.2, -0.15) is 0 Å². The van der Waals surface area contributed by atoms with E-state index in [1.54, 1.807) is 0 Å². The average molecular weight is 228 g/mol. The van der Waals surface area contributed by atoms with Crippen molar-refractivity contribution in [2.45, 2.75) is 57.9 Å². The molecule has 1 aliphatic rings. The number of thiocarbonyl (C=S) groups is 1. The number of likely N-dealkylation sites (tertiary alicyclic amines) is 1. The maximum atomic E-state index is 5.48. The van der Waals surface area contributed by atoms with E-state index in [1.165, 1.54) is 45.2 Å². The van der Waals surface area contributed by atoms with Gasteiger partial charge in [0.1, 0.15) is 0 Å². The van der Waals surface area contributed by atoms with E-state index in [-0.39, 0.29) is 0 Å².